The van der Waals surface area contributed by atoms with Gasteiger partial charge in [0.2, 0.25) is 0 Å². The van der Waals surface area contributed by atoms with Gasteiger partial charge in [0.05, 0.1) is 6.21 Å². The quantitative estimate of drug-likeness (QED) is 0.321. The highest BCUT2D eigenvalue weighted by atomic mass is 32.2. The van der Waals surface area contributed by atoms with Gasteiger partial charge in [0.15, 0.2) is 0 Å². The van der Waals surface area contributed by atoms with Crippen LogP contribution in [0.25, 0.3) is 0 Å². The average Bonchev–Trinajstić information content (AvgIpc) is 2.00. The zero-order chi connectivity index (χ0) is 12.1. The number of carbonyl (C=O) groups excluding carboxylic acids is 1. The molecule has 0 rings (SSSR count). The van der Waals surface area contributed by atoms with Gasteiger partial charge >= 0.3 is 6.09 Å². The Hall–Kier alpha value is -0.710. The number of rotatable bonds is 3. The minimum absolute atomic E-state index is 0.264. The van der Waals surface area contributed by atoms with Gasteiger partial charge in [-0.15, -0.1) is 0 Å². The van der Waals surface area contributed by atoms with Gasteiger partial charge in [0.1, 0.15) is 0 Å². The van der Waals surface area contributed by atoms with Crippen LogP contribution in [0.3, 0.4) is 0 Å². The lowest BCUT2D eigenvalue weighted by atomic mass is 10.2. The predicted molar refractivity (Wildman–Crippen MR) is 51.6 cm³/mol. The lowest BCUT2D eigenvalue weighted by molar-refractivity contribution is 0.153. The highest BCUT2D eigenvalue weighted by Gasteiger charge is 2.12. The summed E-state index contributed by atoms with van der Waals surface area (Å²) < 4.78 is 19.9. The van der Waals surface area contributed by atoms with Crippen LogP contribution in [0, 0.1) is 0 Å². The number of hydrogen-bond acceptors (Lipinski definition) is 4. The third-order valence-electron chi connectivity index (χ3n) is 1.13. The molecule has 0 unspecified atom stereocenters. The minimum Gasteiger partial charge on any atom is -0.323 e. The van der Waals surface area contributed by atoms with Crippen LogP contribution in [-0.4, -0.2) is 30.3 Å². The van der Waals surface area contributed by atoms with E-state index in [1.54, 1.807) is 5.32 Å². The molecule has 0 radical (unpaired) electrons. The summed E-state index contributed by atoms with van der Waals surface area (Å²) in [5.41, 5.74) is 0. The van der Waals surface area contributed by atoms with E-state index in [9.17, 15) is 4.79 Å². The lowest BCUT2D eigenvalue weighted by Gasteiger charge is -2.13. The van der Waals surface area contributed by atoms with Crippen LogP contribution in [0.5, 0.6) is 0 Å². The van der Waals surface area contributed by atoms with E-state index in [2.05, 4.69) is 9.99 Å². The second kappa shape index (κ2) is 5.03. The predicted octanol–water partition coefficient (Wildman–Crippen LogP) is 1.47. The molecule has 4 nitrogen and oxygen atoms in total. The van der Waals surface area contributed by atoms with Gasteiger partial charge in [-0.05, 0) is 20.1 Å². The van der Waals surface area contributed by atoms with Crippen LogP contribution in [0.2, 0.25) is 0 Å². The summed E-state index contributed by atoms with van der Waals surface area (Å²) in [5, 5.41) is 5.03. The van der Waals surface area contributed by atoms with Crippen molar-refractivity contribution < 1.29 is 13.7 Å². The normalized spacial score (nSPS) is 16.4. The summed E-state index contributed by atoms with van der Waals surface area (Å²) in [5.74, 6) is 0. The van der Waals surface area contributed by atoms with Gasteiger partial charge in [-0.3, -0.25) is 4.84 Å². The first kappa shape index (κ1) is 6.77. The number of carbonyl (C=O) groups is 1. The van der Waals surface area contributed by atoms with Crippen LogP contribution >= 0.6 is 11.8 Å². The first-order valence-electron chi connectivity index (χ1n) is 4.75. The molecule has 12 heavy (non-hydrogen) atoms. The molecule has 5 heteroatoms. The Morgan fingerprint density at radius 2 is 2.50 bits per heavy atom. The van der Waals surface area contributed by atoms with Crippen LogP contribution in [0.4, 0.5) is 4.79 Å². The van der Waals surface area contributed by atoms with Gasteiger partial charge in [-0.25, -0.2) is 4.79 Å². The highest BCUT2D eigenvalue weighted by Crippen LogP contribution is 2.17. The minimum atomic E-state index is -2.55. The maximum absolute atomic E-state index is 10.8. The molecule has 0 saturated heterocycles. The smallest absolute Gasteiger partial charge is 0.323 e. The van der Waals surface area contributed by atoms with E-state index in [0.717, 1.165) is 0 Å². The Morgan fingerprint density at radius 3 is 3.00 bits per heavy atom. The van der Waals surface area contributed by atoms with Crippen LogP contribution < -0.4 is 5.32 Å². The number of amides is 1. The number of oxime groups is 1. The van der Waals surface area contributed by atoms with E-state index in [1.165, 1.54) is 18.0 Å². The Morgan fingerprint density at radius 1 is 1.83 bits per heavy atom. The fraction of sp³-hybridized carbons (Fsp3) is 0.714. The first-order chi connectivity index (χ1) is 6.66. The molecule has 0 fully saturated rings. The zero-order valence-corrected chi connectivity index (χ0v) is 8.07. The monoisotopic (exact) mass is 195 g/mol. The molecule has 0 aromatic rings. The van der Waals surface area contributed by atoms with E-state index >= 15 is 0 Å². The molecular weight excluding hydrogens is 178 g/mol. The van der Waals surface area contributed by atoms with E-state index in [-0.39, 0.29) is 4.75 Å². The van der Waals surface area contributed by atoms with Crippen LogP contribution in [-0.2, 0) is 4.84 Å². The third-order valence-corrected chi connectivity index (χ3v) is 2.28. The second-order valence-corrected chi connectivity index (χ2v) is 4.01. The zero-order valence-electron chi connectivity index (χ0n) is 10.2. The maximum atomic E-state index is 10.8. The van der Waals surface area contributed by atoms with E-state index < -0.39 is 13.1 Å². The summed E-state index contributed by atoms with van der Waals surface area (Å²) >= 11 is 1.52. The van der Waals surface area contributed by atoms with Gasteiger partial charge < -0.3 is 5.32 Å². The second-order valence-electron chi connectivity index (χ2n) is 2.55. The van der Waals surface area contributed by atoms with Gasteiger partial charge in [-0.2, -0.15) is 11.8 Å². The number of nitrogens with zero attached hydrogens (tertiary/aromatic N) is 1. The van der Waals surface area contributed by atoms with E-state index in [4.69, 9.17) is 4.11 Å². The van der Waals surface area contributed by atoms with E-state index in [1.807, 2.05) is 20.1 Å². The van der Waals surface area contributed by atoms with E-state index in [0.29, 0.717) is 0 Å². The van der Waals surface area contributed by atoms with Crippen molar-refractivity contribution >= 4 is 24.1 Å². The Kier molecular flexibility index (Phi) is 2.84. The molecule has 0 bridgehead atoms. The molecule has 1 N–H and O–H groups in total. The molecule has 0 saturated carbocycles. The van der Waals surface area contributed by atoms with Crippen molar-refractivity contribution in [1.29, 1.82) is 0 Å². The van der Waals surface area contributed by atoms with Crippen molar-refractivity contribution in [3.8, 4) is 0 Å². The summed E-state index contributed by atoms with van der Waals surface area (Å²) in [7, 11) is 0. The SMILES string of the molecule is [2H][13C]([2H])([2H])N[13C](=O)ON=CC(C)(C)SC. The maximum Gasteiger partial charge on any atom is 0.433 e. The average molecular weight is 195 g/mol. The Balaban J connectivity index is 4.02. The molecule has 0 atom stereocenters. The molecule has 0 aromatic heterocycles. The molecule has 0 aliphatic heterocycles. The third kappa shape index (κ3) is 5.01. The van der Waals surface area contributed by atoms with Gasteiger partial charge in [-0.1, -0.05) is 5.16 Å². The summed E-state index contributed by atoms with van der Waals surface area (Å²) in [6, 6.07) is 0. The molecular formula is C7H14N2O2S. The molecule has 1 amide bonds. The molecule has 0 spiro atoms. The fourth-order valence-corrected chi connectivity index (χ4v) is 0.425. The first-order valence-corrected chi connectivity index (χ1v) is 4.47. The number of thioether (sulfide) groups is 1. The Bertz CT molecular complexity index is 253. The lowest BCUT2D eigenvalue weighted by Crippen LogP contribution is -2.19. The summed E-state index contributed by atoms with van der Waals surface area (Å²) in [6.07, 6.45) is 2.22. The Labute approximate surface area is 80.9 Å². The fourth-order valence-electron chi connectivity index (χ4n) is 0.277. The van der Waals surface area contributed by atoms with Crippen molar-refractivity contribution in [1.82, 2.24) is 5.32 Å². The summed E-state index contributed by atoms with van der Waals surface area (Å²) in [6.45, 7) is 1.21. The topological polar surface area (TPSA) is 50.7 Å². The molecule has 0 aliphatic rings. The van der Waals surface area contributed by atoms with Crippen molar-refractivity contribution in [2.75, 3.05) is 13.2 Å². The van der Waals surface area contributed by atoms with Crippen molar-refractivity contribution in [2.24, 2.45) is 5.16 Å². The summed E-state index contributed by atoms with van der Waals surface area (Å²) in [4.78, 5) is 15.1. The molecule has 0 heterocycles. The van der Waals surface area contributed by atoms with Crippen molar-refractivity contribution in [2.45, 2.75) is 18.6 Å². The highest BCUT2D eigenvalue weighted by molar-refractivity contribution is 8.00. The van der Waals surface area contributed by atoms with Crippen molar-refractivity contribution in [3.63, 3.8) is 0 Å². The number of nitrogens with one attached hydrogen (secondary N) is 1. The van der Waals surface area contributed by atoms with Gasteiger partial charge in [0.25, 0.3) is 0 Å². The molecule has 70 valence electrons. The molecule has 0 aliphatic carbocycles. The standard InChI is InChI=1S/C7H14N2O2S/c1-7(2,12-4)5-9-11-6(10)8-3/h5H,1-4H3,(H,8,10)/i3+1D3,6+1. The van der Waals surface area contributed by atoms with Crippen LogP contribution in [0.1, 0.15) is 18.0 Å². The van der Waals surface area contributed by atoms with Crippen LogP contribution in [0.15, 0.2) is 5.16 Å². The van der Waals surface area contributed by atoms with Crippen molar-refractivity contribution in [3.05, 3.63) is 0 Å². The largest absolute Gasteiger partial charge is 0.433 e. The molecule has 0 aromatic carbocycles. The van der Waals surface area contributed by atoms with Gasteiger partial charge in [0, 0.05) is 15.8 Å². The number of hydrogen-bond donors (Lipinski definition) is 1.